The summed E-state index contributed by atoms with van der Waals surface area (Å²) in [5, 5.41) is 4.22. The molecule has 2 aromatic rings. The first-order valence-electron chi connectivity index (χ1n) is 7.66. The maximum absolute atomic E-state index is 12.7. The summed E-state index contributed by atoms with van der Waals surface area (Å²) in [6.07, 6.45) is 2.84. The van der Waals surface area contributed by atoms with E-state index in [1.807, 2.05) is 37.1 Å². The lowest BCUT2D eigenvalue weighted by Gasteiger charge is -2.34. The first kappa shape index (κ1) is 14.6. The van der Waals surface area contributed by atoms with Gasteiger partial charge in [0.25, 0.3) is 11.5 Å². The van der Waals surface area contributed by atoms with Gasteiger partial charge in [0.15, 0.2) is 0 Å². The summed E-state index contributed by atoms with van der Waals surface area (Å²) in [4.78, 5) is 26.3. The second kappa shape index (κ2) is 5.79. The highest BCUT2D eigenvalue weighted by atomic mass is 16.2. The van der Waals surface area contributed by atoms with Gasteiger partial charge < -0.3 is 9.47 Å². The van der Waals surface area contributed by atoms with Crippen LogP contribution < -0.4 is 5.56 Å². The van der Waals surface area contributed by atoms with Gasteiger partial charge in [-0.2, -0.15) is 5.10 Å². The number of hydrogen-bond donors (Lipinski definition) is 0. The molecule has 3 rings (SSSR count). The SMILES string of the molecule is CCCn1nc(C(=O)N2CCn3cccc3C2C)ccc1=O. The molecule has 1 unspecified atom stereocenters. The van der Waals surface area contributed by atoms with Crippen LogP contribution in [0.3, 0.4) is 0 Å². The summed E-state index contributed by atoms with van der Waals surface area (Å²) in [6, 6.07) is 6.99. The molecular formula is C16H20N4O2. The molecule has 0 aromatic carbocycles. The van der Waals surface area contributed by atoms with Gasteiger partial charge in [0.2, 0.25) is 0 Å². The Morgan fingerprint density at radius 2 is 2.14 bits per heavy atom. The minimum Gasteiger partial charge on any atom is -0.348 e. The minimum absolute atomic E-state index is 0.00426. The summed E-state index contributed by atoms with van der Waals surface area (Å²) in [5.74, 6) is -0.121. The highest BCUT2D eigenvalue weighted by Crippen LogP contribution is 2.26. The van der Waals surface area contributed by atoms with E-state index in [1.54, 1.807) is 0 Å². The summed E-state index contributed by atoms with van der Waals surface area (Å²) < 4.78 is 3.53. The van der Waals surface area contributed by atoms with E-state index in [-0.39, 0.29) is 17.5 Å². The van der Waals surface area contributed by atoms with Crippen molar-refractivity contribution in [3.63, 3.8) is 0 Å². The Bertz CT molecular complexity index is 747. The third-order valence-electron chi connectivity index (χ3n) is 4.12. The van der Waals surface area contributed by atoms with Crippen LogP contribution in [-0.4, -0.2) is 31.7 Å². The van der Waals surface area contributed by atoms with Crippen LogP contribution in [0.4, 0.5) is 0 Å². The molecule has 0 radical (unpaired) electrons. The van der Waals surface area contributed by atoms with Gasteiger partial charge >= 0.3 is 0 Å². The predicted molar refractivity (Wildman–Crippen MR) is 82.7 cm³/mol. The monoisotopic (exact) mass is 300 g/mol. The molecule has 0 N–H and O–H groups in total. The van der Waals surface area contributed by atoms with Crippen molar-refractivity contribution in [3.05, 3.63) is 52.2 Å². The van der Waals surface area contributed by atoms with E-state index in [4.69, 9.17) is 0 Å². The third-order valence-corrected chi connectivity index (χ3v) is 4.12. The fraction of sp³-hybridized carbons (Fsp3) is 0.438. The lowest BCUT2D eigenvalue weighted by Crippen LogP contribution is -2.41. The fourth-order valence-corrected chi connectivity index (χ4v) is 2.94. The number of amides is 1. The molecule has 22 heavy (non-hydrogen) atoms. The number of aryl methyl sites for hydroxylation is 1. The van der Waals surface area contributed by atoms with E-state index in [2.05, 4.69) is 9.67 Å². The molecular weight excluding hydrogens is 280 g/mol. The van der Waals surface area contributed by atoms with Crippen LogP contribution in [0.25, 0.3) is 0 Å². The number of carbonyl (C=O) groups excluding carboxylic acids is 1. The van der Waals surface area contributed by atoms with Crippen LogP contribution in [0.5, 0.6) is 0 Å². The van der Waals surface area contributed by atoms with E-state index < -0.39 is 0 Å². The summed E-state index contributed by atoms with van der Waals surface area (Å²) in [6.45, 7) is 5.95. The molecule has 0 aliphatic carbocycles. The van der Waals surface area contributed by atoms with Crippen molar-refractivity contribution >= 4 is 5.91 Å². The average molecular weight is 300 g/mol. The molecule has 6 heteroatoms. The normalized spacial score (nSPS) is 17.4. The second-order valence-corrected chi connectivity index (χ2v) is 5.58. The number of nitrogens with zero attached hydrogens (tertiary/aromatic N) is 4. The first-order valence-corrected chi connectivity index (χ1v) is 7.66. The number of aromatic nitrogens is 3. The summed E-state index contributed by atoms with van der Waals surface area (Å²) in [5.41, 5.74) is 1.29. The maximum Gasteiger partial charge on any atom is 0.274 e. The van der Waals surface area contributed by atoms with Crippen molar-refractivity contribution in [1.82, 2.24) is 19.2 Å². The molecule has 1 aliphatic heterocycles. The molecule has 0 saturated heterocycles. The van der Waals surface area contributed by atoms with Crippen LogP contribution in [0.15, 0.2) is 35.3 Å². The predicted octanol–water partition coefficient (Wildman–Crippen LogP) is 1.67. The molecule has 1 amide bonds. The lowest BCUT2D eigenvalue weighted by molar-refractivity contribution is 0.0635. The van der Waals surface area contributed by atoms with Gasteiger partial charge in [-0.15, -0.1) is 0 Å². The molecule has 0 saturated carbocycles. The molecule has 1 atom stereocenters. The Hall–Kier alpha value is -2.37. The van der Waals surface area contributed by atoms with Gasteiger partial charge in [0.1, 0.15) is 5.69 Å². The molecule has 0 spiro atoms. The van der Waals surface area contributed by atoms with E-state index in [0.717, 1.165) is 18.7 Å². The molecule has 0 fully saturated rings. The maximum atomic E-state index is 12.7. The highest BCUT2D eigenvalue weighted by Gasteiger charge is 2.29. The summed E-state index contributed by atoms with van der Waals surface area (Å²) >= 11 is 0. The van der Waals surface area contributed by atoms with Crippen LogP contribution >= 0.6 is 0 Å². The molecule has 1 aliphatic rings. The van der Waals surface area contributed by atoms with Crippen LogP contribution in [0, 0.1) is 0 Å². The van der Waals surface area contributed by atoms with Crippen molar-refractivity contribution in [1.29, 1.82) is 0 Å². The molecule has 2 aromatic heterocycles. The van der Waals surface area contributed by atoms with Gasteiger partial charge in [-0.3, -0.25) is 9.59 Å². The topological polar surface area (TPSA) is 60.1 Å². The zero-order valence-corrected chi connectivity index (χ0v) is 12.9. The van der Waals surface area contributed by atoms with Crippen molar-refractivity contribution in [2.24, 2.45) is 0 Å². The number of rotatable bonds is 3. The number of hydrogen-bond acceptors (Lipinski definition) is 3. The molecule has 116 valence electrons. The van der Waals surface area contributed by atoms with E-state index >= 15 is 0 Å². The Labute approximate surface area is 129 Å². The van der Waals surface area contributed by atoms with E-state index in [9.17, 15) is 9.59 Å². The second-order valence-electron chi connectivity index (χ2n) is 5.58. The number of fused-ring (bicyclic) bond motifs is 1. The molecule has 0 bridgehead atoms. The van der Waals surface area contributed by atoms with Crippen molar-refractivity contribution in [2.75, 3.05) is 6.54 Å². The van der Waals surface area contributed by atoms with Crippen molar-refractivity contribution in [3.8, 4) is 0 Å². The third kappa shape index (κ3) is 2.45. The van der Waals surface area contributed by atoms with Gasteiger partial charge in [-0.25, -0.2) is 4.68 Å². The fourth-order valence-electron chi connectivity index (χ4n) is 2.94. The zero-order valence-electron chi connectivity index (χ0n) is 12.9. The quantitative estimate of drug-likeness (QED) is 0.866. The van der Waals surface area contributed by atoms with Gasteiger partial charge in [0.05, 0.1) is 6.04 Å². The van der Waals surface area contributed by atoms with Crippen LogP contribution in [-0.2, 0) is 13.1 Å². The largest absolute Gasteiger partial charge is 0.348 e. The van der Waals surface area contributed by atoms with Gasteiger partial charge in [0, 0.05) is 37.6 Å². The smallest absolute Gasteiger partial charge is 0.274 e. The number of carbonyl (C=O) groups is 1. The van der Waals surface area contributed by atoms with Crippen molar-refractivity contribution < 1.29 is 4.79 Å². The van der Waals surface area contributed by atoms with Crippen LogP contribution in [0.2, 0.25) is 0 Å². The molecule has 6 nitrogen and oxygen atoms in total. The van der Waals surface area contributed by atoms with E-state index in [1.165, 1.54) is 16.8 Å². The van der Waals surface area contributed by atoms with E-state index in [0.29, 0.717) is 18.8 Å². The minimum atomic E-state index is -0.168. The average Bonchev–Trinajstić information content (AvgIpc) is 2.99. The Morgan fingerprint density at radius 1 is 1.32 bits per heavy atom. The first-order chi connectivity index (χ1) is 10.6. The van der Waals surface area contributed by atoms with Crippen LogP contribution in [0.1, 0.15) is 42.5 Å². The lowest BCUT2D eigenvalue weighted by atomic mass is 10.1. The highest BCUT2D eigenvalue weighted by molar-refractivity contribution is 5.92. The van der Waals surface area contributed by atoms with Crippen molar-refractivity contribution in [2.45, 2.75) is 39.4 Å². The Kier molecular flexibility index (Phi) is 3.83. The van der Waals surface area contributed by atoms with Gasteiger partial charge in [-0.1, -0.05) is 6.92 Å². The Morgan fingerprint density at radius 3 is 2.91 bits per heavy atom. The zero-order chi connectivity index (χ0) is 15.7. The van der Waals surface area contributed by atoms with Gasteiger partial charge in [-0.05, 0) is 31.5 Å². The molecule has 3 heterocycles. The Balaban J connectivity index is 1.89. The standard InChI is InChI=1S/C16H20N4O2/c1-3-8-20-15(21)7-6-13(17-20)16(22)19-11-10-18-9-4-5-14(18)12(19)2/h4-7,9,12H,3,8,10-11H2,1-2H3. The summed E-state index contributed by atoms with van der Waals surface area (Å²) in [7, 11) is 0.